The number of piperidine rings is 1. The minimum absolute atomic E-state index is 0. The first-order valence-corrected chi connectivity index (χ1v) is 10.1. The number of aliphatic imine (C=N–C) groups is 1. The minimum atomic E-state index is 0. The summed E-state index contributed by atoms with van der Waals surface area (Å²) in [5, 5.41) is 6.98. The van der Waals surface area contributed by atoms with E-state index in [1.165, 1.54) is 11.4 Å². The molecule has 0 aromatic heterocycles. The Morgan fingerprint density at radius 2 is 1.96 bits per heavy atom. The maximum atomic E-state index is 4.69. The molecule has 0 bridgehead atoms. The molecule has 2 N–H and O–H groups in total. The zero-order valence-electron chi connectivity index (χ0n) is 14.8. The van der Waals surface area contributed by atoms with Gasteiger partial charge in [-0.25, -0.2) is 0 Å². The molecular formula is C18H31IN4S. The van der Waals surface area contributed by atoms with Crippen LogP contribution >= 0.6 is 35.7 Å². The standard InChI is InChI=1S/C18H30N4S.HI/c1-3-19-18(20-12-7-15-23-2)21-16-10-13-22(14-11-16)17-8-5-4-6-9-17;/h4-6,8-9,16H,3,7,10-15H2,1-2H3,(H2,19,20,21);1H. The molecule has 1 heterocycles. The Morgan fingerprint density at radius 1 is 1.25 bits per heavy atom. The second kappa shape index (κ2) is 12.7. The quantitative estimate of drug-likeness (QED) is 0.281. The lowest BCUT2D eigenvalue weighted by Crippen LogP contribution is -2.48. The fourth-order valence-corrected chi connectivity index (χ4v) is 3.25. The third-order valence-corrected chi connectivity index (χ3v) is 4.77. The van der Waals surface area contributed by atoms with Crippen LogP contribution in [0.1, 0.15) is 26.2 Å². The second-order valence-corrected chi connectivity index (χ2v) is 6.83. The fraction of sp³-hybridized carbons (Fsp3) is 0.611. The van der Waals surface area contributed by atoms with Crippen molar-refractivity contribution >= 4 is 47.4 Å². The molecule has 1 aromatic carbocycles. The van der Waals surface area contributed by atoms with E-state index >= 15 is 0 Å². The minimum Gasteiger partial charge on any atom is -0.371 e. The molecule has 0 amide bonds. The van der Waals surface area contributed by atoms with Gasteiger partial charge in [0, 0.05) is 37.9 Å². The maximum Gasteiger partial charge on any atom is 0.191 e. The highest BCUT2D eigenvalue weighted by Gasteiger charge is 2.19. The number of nitrogens with zero attached hydrogens (tertiary/aromatic N) is 2. The zero-order chi connectivity index (χ0) is 16.3. The van der Waals surface area contributed by atoms with E-state index in [0.29, 0.717) is 6.04 Å². The normalized spacial score (nSPS) is 15.8. The Bertz CT molecular complexity index is 461. The van der Waals surface area contributed by atoms with Crippen molar-refractivity contribution in [3.05, 3.63) is 30.3 Å². The number of benzene rings is 1. The molecule has 2 rings (SSSR count). The summed E-state index contributed by atoms with van der Waals surface area (Å²) in [7, 11) is 0. The van der Waals surface area contributed by atoms with Crippen molar-refractivity contribution in [3.8, 4) is 0 Å². The molecule has 0 unspecified atom stereocenters. The molecule has 0 radical (unpaired) electrons. The molecule has 6 heteroatoms. The molecule has 1 saturated heterocycles. The lowest BCUT2D eigenvalue weighted by molar-refractivity contribution is 0.461. The highest BCUT2D eigenvalue weighted by Crippen LogP contribution is 2.19. The van der Waals surface area contributed by atoms with Crippen molar-refractivity contribution in [1.29, 1.82) is 0 Å². The summed E-state index contributed by atoms with van der Waals surface area (Å²) >= 11 is 1.88. The van der Waals surface area contributed by atoms with E-state index in [1.807, 2.05) is 11.8 Å². The van der Waals surface area contributed by atoms with Crippen LogP contribution in [0, 0.1) is 0 Å². The number of halogens is 1. The van der Waals surface area contributed by atoms with Crippen molar-refractivity contribution in [1.82, 2.24) is 10.6 Å². The van der Waals surface area contributed by atoms with Gasteiger partial charge in [-0.15, -0.1) is 24.0 Å². The molecule has 1 fully saturated rings. The van der Waals surface area contributed by atoms with Gasteiger partial charge in [-0.2, -0.15) is 11.8 Å². The maximum absolute atomic E-state index is 4.69. The summed E-state index contributed by atoms with van der Waals surface area (Å²) in [6.07, 6.45) is 5.60. The lowest BCUT2D eigenvalue weighted by atomic mass is 10.0. The van der Waals surface area contributed by atoms with Crippen molar-refractivity contribution in [2.45, 2.75) is 32.2 Å². The Morgan fingerprint density at radius 3 is 2.58 bits per heavy atom. The number of rotatable bonds is 7. The Labute approximate surface area is 168 Å². The first-order chi connectivity index (χ1) is 11.3. The Balaban J connectivity index is 0.00000288. The van der Waals surface area contributed by atoms with Crippen LogP contribution in [0.15, 0.2) is 35.3 Å². The van der Waals surface area contributed by atoms with Crippen LogP contribution in [0.25, 0.3) is 0 Å². The van der Waals surface area contributed by atoms with Gasteiger partial charge in [0.25, 0.3) is 0 Å². The predicted octanol–water partition coefficient (Wildman–Crippen LogP) is 3.58. The second-order valence-electron chi connectivity index (χ2n) is 5.85. The number of para-hydroxylation sites is 1. The van der Waals surface area contributed by atoms with Gasteiger partial charge in [-0.1, -0.05) is 18.2 Å². The summed E-state index contributed by atoms with van der Waals surface area (Å²) in [5.74, 6) is 2.16. The molecule has 24 heavy (non-hydrogen) atoms. The number of guanidine groups is 1. The lowest BCUT2D eigenvalue weighted by Gasteiger charge is -2.34. The van der Waals surface area contributed by atoms with E-state index < -0.39 is 0 Å². The molecule has 4 nitrogen and oxygen atoms in total. The number of hydrogen-bond acceptors (Lipinski definition) is 3. The van der Waals surface area contributed by atoms with Gasteiger partial charge in [0.1, 0.15) is 0 Å². The summed E-state index contributed by atoms with van der Waals surface area (Å²) < 4.78 is 0. The SMILES string of the molecule is CCNC(=NCCCSC)NC1CCN(c2ccccc2)CC1.I. The first-order valence-electron chi connectivity index (χ1n) is 8.67. The molecule has 0 saturated carbocycles. The molecule has 0 spiro atoms. The van der Waals surface area contributed by atoms with Crippen molar-refractivity contribution in [2.24, 2.45) is 4.99 Å². The first kappa shape index (κ1) is 21.4. The van der Waals surface area contributed by atoms with Crippen LogP contribution in [0.3, 0.4) is 0 Å². The van der Waals surface area contributed by atoms with E-state index in [1.54, 1.807) is 0 Å². The van der Waals surface area contributed by atoms with Crippen LogP contribution < -0.4 is 15.5 Å². The van der Waals surface area contributed by atoms with Gasteiger partial charge in [0.05, 0.1) is 0 Å². The Kier molecular flexibility index (Phi) is 11.3. The molecular weight excluding hydrogens is 431 g/mol. The third kappa shape index (κ3) is 7.51. The number of hydrogen-bond donors (Lipinski definition) is 2. The molecule has 1 aromatic rings. The fourth-order valence-electron chi connectivity index (χ4n) is 2.83. The van der Waals surface area contributed by atoms with E-state index in [4.69, 9.17) is 0 Å². The van der Waals surface area contributed by atoms with Gasteiger partial charge in [0.15, 0.2) is 5.96 Å². The van der Waals surface area contributed by atoms with Gasteiger partial charge in [-0.3, -0.25) is 4.99 Å². The number of thioether (sulfide) groups is 1. The topological polar surface area (TPSA) is 39.7 Å². The molecule has 0 atom stereocenters. The molecule has 1 aliphatic rings. The van der Waals surface area contributed by atoms with Crippen molar-refractivity contribution < 1.29 is 0 Å². The van der Waals surface area contributed by atoms with Gasteiger partial charge in [-0.05, 0) is 50.3 Å². The Hall–Kier alpha value is -0.630. The van der Waals surface area contributed by atoms with Gasteiger partial charge in [0.2, 0.25) is 0 Å². The summed E-state index contributed by atoms with van der Waals surface area (Å²) in [4.78, 5) is 7.16. The monoisotopic (exact) mass is 462 g/mol. The zero-order valence-corrected chi connectivity index (χ0v) is 18.0. The number of nitrogens with one attached hydrogen (secondary N) is 2. The van der Waals surface area contributed by atoms with Gasteiger partial charge >= 0.3 is 0 Å². The molecule has 0 aliphatic carbocycles. The molecule has 1 aliphatic heterocycles. The van der Waals surface area contributed by atoms with Crippen LogP contribution in [0.4, 0.5) is 5.69 Å². The average Bonchev–Trinajstić information content (AvgIpc) is 2.60. The summed E-state index contributed by atoms with van der Waals surface area (Å²) in [6, 6.07) is 11.2. The van der Waals surface area contributed by atoms with Crippen molar-refractivity contribution in [3.63, 3.8) is 0 Å². The summed E-state index contributed by atoms with van der Waals surface area (Å²) in [6.45, 7) is 6.15. The number of anilines is 1. The van der Waals surface area contributed by atoms with Crippen LogP contribution in [-0.4, -0.2) is 50.2 Å². The van der Waals surface area contributed by atoms with E-state index in [0.717, 1.165) is 51.4 Å². The van der Waals surface area contributed by atoms with Crippen LogP contribution in [-0.2, 0) is 0 Å². The van der Waals surface area contributed by atoms with E-state index in [2.05, 4.69) is 64.0 Å². The van der Waals surface area contributed by atoms with Crippen molar-refractivity contribution in [2.75, 3.05) is 43.1 Å². The predicted molar refractivity (Wildman–Crippen MR) is 119 cm³/mol. The van der Waals surface area contributed by atoms with E-state index in [9.17, 15) is 0 Å². The smallest absolute Gasteiger partial charge is 0.191 e. The highest BCUT2D eigenvalue weighted by atomic mass is 127. The largest absolute Gasteiger partial charge is 0.371 e. The third-order valence-electron chi connectivity index (χ3n) is 4.08. The summed E-state index contributed by atoms with van der Waals surface area (Å²) in [5.41, 5.74) is 1.34. The van der Waals surface area contributed by atoms with Crippen LogP contribution in [0.2, 0.25) is 0 Å². The molecule has 136 valence electrons. The highest BCUT2D eigenvalue weighted by molar-refractivity contribution is 14.0. The van der Waals surface area contributed by atoms with E-state index in [-0.39, 0.29) is 24.0 Å². The average molecular weight is 462 g/mol. The van der Waals surface area contributed by atoms with Crippen LogP contribution in [0.5, 0.6) is 0 Å². The van der Waals surface area contributed by atoms with Gasteiger partial charge < -0.3 is 15.5 Å².